The van der Waals surface area contributed by atoms with Gasteiger partial charge in [-0.15, -0.1) is 0 Å². The van der Waals surface area contributed by atoms with E-state index in [-0.39, 0.29) is 34.8 Å². The molecule has 1 aromatic carbocycles. The van der Waals surface area contributed by atoms with Crippen LogP contribution in [0.5, 0.6) is 0 Å². The lowest BCUT2D eigenvalue weighted by atomic mass is 10.1. The Morgan fingerprint density at radius 3 is 2.57 bits per heavy atom. The van der Waals surface area contributed by atoms with Crippen molar-refractivity contribution in [3.63, 3.8) is 0 Å². The second-order valence-electron chi connectivity index (χ2n) is 8.49. The number of likely N-dealkylation sites (tertiary alicyclic amines) is 1. The predicted octanol–water partition coefficient (Wildman–Crippen LogP) is 4.38. The molecule has 1 fully saturated rings. The quantitative estimate of drug-likeness (QED) is 0.335. The number of hydrogen-bond acceptors (Lipinski definition) is 7. The van der Waals surface area contributed by atoms with Crippen LogP contribution < -0.4 is 10.6 Å². The number of nitrogens with one attached hydrogen (secondary N) is 2. The first-order valence-corrected chi connectivity index (χ1v) is 12.5. The Balaban J connectivity index is 1.87. The fourth-order valence-corrected chi connectivity index (χ4v) is 4.67. The van der Waals surface area contributed by atoms with E-state index in [0.717, 1.165) is 18.5 Å². The van der Waals surface area contributed by atoms with Gasteiger partial charge in [-0.1, -0.05) is 29.8 Å². The second-order valence-corrected chi connectivity index (χ2v) is 9.41. The zero-order valence-corrected chi connectivity index (χ0v) is 21.8. The number of nitrogens with zero attached hydrogens (tertiary/aromatic N) is 4. The molecule has 1 unspecified atom stereocenters. The molecule has 1 aliphatic rings. The largest absolute Gasteiger partial charge is 0.387 e. The molecule has 0 saturated carbocycles. The first-order valence-electron chi connectivity index (χ1n) is 11.7. The fourth-order valence-electron chi connectivity index (χ4n) is 4.22. The number of benzene rings is 1. The third-order valence-corrected chi connectivity index (χ3v) is 6.34. The van der Waals surface area contributed by atoms with E-state index in [1.54, 1.807) is 35.2 Å². The molecular weight excluding hydrogens is 516 g/mol. The Bertz CT molecular complexity index is 1090. The number of aromatic nitrogens is 1. The van der Waals surface area contributed by atoms with Gasteiger partial charge in [-0.05, 0) is 31.4 Å². The molecule has 0 spiro atoms. The predicted molar refractivity (Wildman–Crippen MR) is 139 cm³/mol. The monoisotopic (exact) mass is 546 g/mol. The zero-order chi connectivity index (χ0) is 25.5. The Morgan fingerprint density at radius 2 is 1.94 bits per heavy atom. The molecule has 0 aliphatic carbocycles. The number of carbonyl (C=O) groups is 2. The molecule has 35 heavy (non-hydrogen) atoms. The maximum Gasteiger partial charge on any atom is 0.294 e. The highest BCUT2D eigenvalue weighted by atomic mass is 79.9. The van der Waals surface area contributed by atoms with Crippen LogP contribution in [-0.4, -0.2) is 70.8 Å². The third kappa shape index (κ3) is 6.27. The molecule has 2 aromatic rings. The number of halogens is 1. The molecule has 0 radical (unpaired) electrons. The van der Waals surface area contributed by atoms with E-state index in [0.29, 0.717) is 42.6 Å². The van der Waals surface area contributed by atoms with Gasteiger partial charge in [-0.2, -0.15) is 0 Å². The van der Waals surface area contributed by atoms with Crippen LogP contribution in [0.4, 0.5) is 17.1 Å². The summed E-state index contributed by atoms with van der Waals surface area (Å²) < 4.78 is 0.464. The van der Waals surface area contributed by atoms with Crippen molar-refractivity contribution in [1.82, 2.24) is 14.8 Å². The highest BCUT2D eigenvalue weighted by molar-refractivity contribution is 9.10. The van der Waals surface area contributed by atoms with Crippen LogP contribution in [0, 0.1) is 10.1 Å². The third-order valence-electron chi connectivity index (χ3n) is 5.88. The van der Waals surface area contributed by atoms with E-state index in [1.807, 2.05) is 13.8 Å². The Hall–Kier alpha value is -3.21. The van der Waals surface area contributed by atoms with Gasteiger partial charge in [0.15, 0.2) is 0 Å². The highest BCUT2D eigenvalue weighted by Gasteiger charge is 2.32. The second kappa shape index (κ2) is 12.0. The molecule has 2 amide bonds. The van der Waals surface area contributed by atoms with E-state index in [1.165, 1.54) is 12.3 Å². The highest BCUT2D eigenvalue weighted by Crippen LogP contribution is 2.35. The van der Waals surface area contributed by atoms with Gasteiger partial charge in [0.25, 0.3) is 17.5 Å². The molecule has 2 N–H and O–H groups in total. The molecule has 1 atom stereocenters. The molecule has 1 saturated heterocycles. The van der Waals surface area contributed by atoms with Crippen LogP contribution in [-0.2, 0) is 0 Å². The normalized spacial score (nSPS) is 15.1. The number of nitro groups is 1. The summed E-state index contributed by atoms with van der Waals surface area (Å²) in [6.45, 7) is 5.97. The van der Waals surface area contributed by atoms with Crippen molar-refractivity contribution >= 4 is 44.8 Å². The minimum Gasteiger partial charge on any atom is -0.387 e. The van der Waals surface area contributed by atoms with Gasteiger partial charge >= 0.3 is 0 Å². The first-order chi connectivity index (χ1) is 16.8. The molecule has 0 bridgehead atoms. The summed E-state index contributed by atoms with van der Waals surface area (Å²) in [6.07, 6.45) is 5.33. The summed E-state index contributed by atoms with van der Waals surface area (Å²) in [5.74, 6) is -0.404. The number of rotatable bonds is 10. The standard InChI is InChI=1S/C24H31BrN6O4/c1-4-7-29(8-5-2)24(33)20-11-17(25)12-21(31(34)35)22(20)28-18-6-9-30(15-18)23(32)16-10-19(26-3)14-27-13-16/h10-14,18,26,28H,4-9,15H2,1-3H3. The van der Waals surface area contributed by atoms with Gasteiger partial charge in [0.05, 0.1) is 21.7 Å². The van der Waals surface area contributed by atoms with Gasteiger partial charge in [-0.3, -0.25) is 24.7 Å². The Labute approximate surface area is 213 Å². The SMILES string of the molecule is CCCN(CCC)C(=O)c1cc(Br)cc([N+](=O)[O-])c1NC1CCN(C(=O)c2cncc(NC)c2)C1. The smallest absolute Gasteiger partial charge is 0.294 e. The van der Waals surface area contributed by atoms with Crippen molar-refractivity contribution in [2.45, 2.75) is 39.2 Å². The lowest BCUT2D eigenvalue weighted by molar-refractivity contribution is -0.384. The van der Waals surface area contributed by atoms with Crippen molar-refractivity contribution in [3.05, 3.63) is 56.3 Å². The summed E-state index contributed by atoms with van der Waals surface area (Å²) in [5, 5.41) is 18.1. The number of amides is 2. The topological polar surface area (TPSA) is 121 Å². The molecule has 2 heterocycles. The summed E-state index contributed by atoms with van der Waals surface area (Å²) in [4.78, 5) is 45.4. The van der Waals surface area contributed by atoms with Gasteiger partial charge < -0.3 is 20.4 Å². The van der Waals surface area contributed by atoms with E-state index >= 15 is 0 Å². The van der Waals surface area contributed by atoms with Gasteiger partial charge in [-0.25, -0.2) is 0 Å². The molecular formula is C24H31BrN6O4. The van der Waals surface area contributed by atoms with E-state index in [9.17, 15) is 19.7 Å². The van der Waals surface area contributed by atoms with Crippen LogP contribution in [0.3, 0.4) is 0 Å². The summed E-state index contributed by atoms with van der Waals surface area (Å²) in [6, 6.07) is 4.53. The number of pyridine rings is 1. The molecule has 11 heteroatoms. The summed E-state index contributed by atoms with van der Waals surface area (Å²) >= 11 is 3.32. The molecule has 188 valence electrons. The molecule has 1 aromatic heterocycles. The maximum atomic E-state index is 13.4. The van der Waals surface area contributed by atoms with Crippen LogP contribution in [0.25, 0.3) is 0 Å². The minimum absolute atomic E-state index is 0.155. The lowest BCUT2D eigenvalue weighted by Gasteiger charge is -2.24. The zero-order valence-electron chi connectivity index (χ0n) is 20.2. The number of nitro benzene ring substituents is 1. The van der Waals surface area contributed by atoms with Crippen LogP contribution in [0.15, 0.2) is 35.1 Å². The van der Waals surface area contributed by atoms with Crippen LogP contribution >= 0.6 is 15.9 Å². The van der Waals surface area contributed by atoms with Crippen molar-refractivity contribution in [1.29, 1.82) is 0 Å². The maximum absolute atomic E-state index is 13.4. The van der Waals surface area contributed by atoms with Crippen LogP contribution in [0.1, 0.15) is 53.8 Å². The Morgan fingerprint density at radius 1 is 1.23 bits per heavy atom. The molecule has 1 aliphatic heterocycles. The van der Waals surface area contributed by atoms with Gasteiger partial charge in [0, 0.05) is 62.2 Å². The summed E-state index contributed by atoms with van der Waals surface area (Å²) in [5.41, 5.74) is 1.48. The number of hydrogen-bond donors (Lipinski definition) is 2. The van der Waals surface area contributed by atoms with E-state index in [4.69, 9.17) is 0 Å². The van der Waals surface area contributed by atoms with Crippen molar-refractivity contribution in [3.8, 4) is 0 Å². The first kappa shape index (κ1) is 26.4. The Kier molecular flexibility index (Phi) is 9.02. The number of anilines is 2. The summed E-state index contributed by atoms with van der Waals surface area (Å²) in [7, 11) is 1.76. The van der Waals surface area contributed by atoms with Crippen molar-refractivity contribution in [2.75, 3.05) is 43.9 Å². The van der Waals surface area contributed by atoms with E-state index in [2.05, 4.69) is 31.5 Å². The number of carbonyl (C=O) groups excluding carboxylic acids is 2. The average molecular weight is 547 g/mol. The molecule has 10 nitrogen and oxygen atoms in total. The minimum atomic E-state index is -0.485. The van der Waals surface area contributed by atoms with Crippen molar-refractivity contribution in [2.24, 2.45) is 0 Å². The fraction of sp³-hybridized carbons (Fsp3) is 0.458. The van der Waals surface area contributed by atoms with E-state index < -0.39 is 4.92 Å². The van der Waals surface area contributed by atoms with Gasteiger partial charge in [0.2, 0.25) is 0 Å². The van der Waals surface area contributed by atoms with Crippen molar-refractivity contribution < 1.29 is 14.5 Å². The average Bonchev–Trinajstić information content (AvgIpc) is 3.32. The van der Waals surface area contributed by atoms with Crippen LogP contribution in [0.2, 0.25) is 0 Å². The van der Waals surface area contributed by atoms with Gasteiger partial charge in [0.1, 0.15) is 5.69 Å². The molecule has 3 rings (SSSR count). The lowest BCUT2D eigenvalue weighted by Crippen LogP contribution is -2.34.